The monoisotopic (exact) mass is 231 g/mol. The fourth-order valence-corrected chi connectivity index (χ4v) is 1.37. The minimum Gasteiger partial charge on any atom is -0.481 e. The van der Waals surface area contributed by atoms with Gasteiger partial charge in [0, 0.05) is 12.5 Å². The fourth-order valence-electron chi connectivity index (χ4n) is 1.37. The Labute approximate surface area is 95.9 Å². The number of nitrogens with one attached hydrogen (secondary N) is 1. The molecule has 0 heterocycles. The summed E-state index contributed by atoms with van der Waals surface area (Å²) in [4.78, 5) is 22.3. The van der Waals surface area contributed by atoms with E-state index in [2.05, 4.69) is 5.32 Å². The SMILES string of the molecule is CC(O)CC(C)NC(=O)CC(C)(C)C(=O)O. The Kier molecular flexibility index (Phi) is 5.44. The van der Waals surface area contributed by atoms with Crippen molar-refractivity contribution in [2.45, 2.75) is 52.7 Å². The number of hydrogen-bond donors (Lipinski definition) is 3. The second kappa shape index (κ2) is 5.84. The lowest BCUT2D eigenvalue weighted by Crippen LogP contribution is -2.38. The minimum absolute atomic E-state index is 0.0630. The highest BCUT2D eigenvalue weighted by Crippen LogP contribution is 2.20. The van der Waals surface area contributed by atoms with Gasteiger partial charge in [0.15, 0.2) is 0 Å². The normalized spacial score (nSPS) is 15.3. The van der Waals surface area contributed by atoms with E-state index < -0.39 is 17.5 Å². The van der Waals surface area contributed by atoms with E-state index >= 15 is 0 Å². The lowest BCUT2D eigenvalue weighted by atomic mass is 9.89. The lowest BCUT2D eigenvalue weighted by Gasteiger charge is -2.21. The second-order valence-corrected chi connectivity index (χ2v) is 4.92. The van der Waals surface area contributed by atoms with Gasteiger partial charge in [-0.15, -0.1) is 0 Å². The molecule has 0 aliphatic carbocycles. The number of amides is 1. The Balaban J connectivity index is 4.14. The first-order valence-electron chi connectivity index (χ1n) is 5.36. The number of hydrogen-bond acceptors (Lipinski definition) is 3. The fraction of sp³-hybridized carbons (Fsp3) is 0.818. The molecule has 2 unspecified atom stereocenters. The van der Waals surface area contributed by atoms with Crippen LogP contribution in [0.15, 0.2) is 0 Å². The molecule has 0 fully saturated rings. The van der Waals surface area contributed by atoms with Crippen molar-refractivity contribution in [1.29, 1.82) is 0 Å². The Hall–Kier alpha value is -1.10. The molecule has 3 N–H and O–H groups in total. The molecule has 5 heteroatoms. The molecule has 2 atom stereocenters. The molecule has 1 amide bonds. The number of aliphatic hydroxyl groups is 1. The topological polar surface area (TPSA) is 86.6 Å². The van der Waals surface area contributed by atoms with E-state index in [-0.39, 0.29) is 18.4 Å². The molecule has 94 valence electrons. The number of carbonyl (C=O) groups excluding carboxylic acids is 1. The maximum absolute atomic E-state index is 11.5. The second-order valence-electron chi connectivity index (χ2n) is 4.92. The van der Waals surface area contributed by atoms with Gasteiger partial charge in [0.05, 0.1) is 11.5 Å². The summed E-state index contributed by atoms with van der Waals surface area (Å²) >= 11 is 0. The molecule has 0 aromatic heterocycles. The molecule has 0 radical (unpaired) electrons. The first kappa shape index (κ1) is 14.9. The zero-order valence-corrected chi connectivity index (χ0v) is 10.3. The number of carbonyl (C=O) groups is 2. The molecular weight excluding hydrogens is 210 g/mol. The Bertz CT molecular complexity index is 261. The zero-order chi connectivity index (χ0) is 12.9. The van der Waals surface area contributed by atoms with Crippen LogP contribution in [0.3, 0.4) is 0 Å². The lowest BCUT2D eigenvalue weighted by molar-refractivity contribution is -0.149. The molecule has 16 heavy (non-hydrogen) atoms. The van der Waals surface area contributed by atoms with Crippen LogP contribution in [0.25, 0.3) is 0 Å². The van der Waals surface area contributed by atoms with Crippen LogP contribution in [0.5, 0.6) is 0 Å². The van der Waals surface area contributed by atoms with E-state index in [1.165, 1.54) is 13.8 Å². The van der Waals surface area contributed by atoms with Gasteiger partial charge in [0.25, 0.3) is 0 Å². The van der Waals surface area contributed by atoms with Crippen molar-refractivity contribution in [3.63, 3.8) is 0 Å². The number of aliphatic hydroxyl groups excluding tert-OH is 1. The molecule has 0 spiro atoms. The van der Waals surface area contributed by atoms with Gasteiger partial charge in [-0.1, -0.05) is 0 Å². The molecule has 0 rings (SSSR count). The van der Waals surface area contributed by atoms with Crippen molar-refractivity contribution in [3.05, 3.63) is 0 Å². The standard InChI is InChI=1S/C11H21NO4/c1-7(5-8(2)13)12-9(14)6-11(3,4)10(15)16/h7-8,13H,5-6H2,1-4H3,(H,12,14)(H,15,16). The molecule has 5 nitrogen and oxygen atoms in total. The summed E-state index contributed by atoms with van der Waals surface area (Å²) < 4.78 is 0. The van der Waals surface area contributed by atoms with Gasteiger partial charge in [-0.3, -0.25) is 9.59 Å². The quantitative estimate of drug-likeness (QED) is 0.630. The summed E-state index contributed by atoms with van der Waals surface area (Å²) in [6.45, 7) is 6.44. The molecule has 0 aromatic carbocycles. The summed E-state index contributed by atoms with van der Waals surface area (Å²) in [7, 11) is 0. The highest BCUT2D eigenvalue weighted by Gasteiger charge is 2.30. The third kappa shape index (κ3) is 5.70. The van der Waals surface area contributed by atoms with Crippen molar-refractivity contribution in [3.8, 4) is 0 Å². The van der Waals surface area contributed by atoms with Crippen LogP contribution < -0.4 is 5.32 Å². The highest BCUT2D eigenvalue weighted by atomic mass is 16.4. The highest BCUT2D eigenvalue weighted by molar-refractivity contribution is 5.84. The van der Waals surface area contributed by atoms with Gasteiger partial charge < -0.3 is 15.5 Å². The van der Waals surface area contributed by atoms with Crippen LogP contribution >= 0.6 is 0 Å². The predicted octanol–water partition coefficient (Wildman–Crippen LogP) is 0.763. The van der Waals surface area contributed by atoms with Crippen LogP contribution in [-0.4, -0.2) is 34.2 Å². The maximum atomic E-state index is 11.5. The van der Waals surface area contributed by atoms with E-state index in [0.717, 1.165) is 0 Å². The maximum Gasteiger partial charge on any atom is 0.309 e. The van der Waals surface area contributed by atoms with E-state index in [0.29, 0.717) is 6.42 Å². The van der Waals surface area contributed by atoms with Crippen LogP contribution in [0.4, 0.5) is 0 Å². The average molecular weight is 231 g/mol. The van der Waals surface area contributed by atoms with Crippen LogP contribution in [0.2, 0.25) is 0 Å². The molecule has 0 bridgehead atoms. The summed E-state index contributed by atoms with van der Waals surface area (Å²) in [5.41, 5.74) is -1.06. The Morgan fingerprint density at radius 1 is 1.31 bits per heavy atom. The van der Waals surface area contributed by atoms with E-state index in [4.69, 9.17) is 10.2 Å². The Morgan fingerprint density at radius 2 is 1.81 bits per heavy atom. The summed E-state index contributed by atoms with van der Waals surface area (Å²) in [5.74, 6) is -1.30. The summed E-state index contributed by atoms with van der Waals surface area (Å²) in [6, 6.07) is -0.155. The first-order chi connectivity index (χ1) is 7.15. The number of rotatable bonds is 6. The third-order valence-corrected chi connectivity index (χ3v) is 2.28. The summed E-state index contributed by atoms with van der Waals surface area (Å²) in [5, 5.41) is 20.6. The van der Waals surface area contributed by atoms with Gasteiger partial charge >= 0.3 is 5.97 Å². The van der Waals surface area contributed by atoms with Gasteiger partial charge in [-0.2, -0.15) is 0 Å². The Morgan fingerprint density at radius 3 is 2.19 bits per heavy atom. The molecular formula is C11H21NO4. The molecule has 0 aromatic rings. The van der Waals surface area contributed by atoms with Crippen LogP contribution in [0.1, 0.15) is 40.5 Å². The van der Waals surface area contributed by atoms with Gasteiger partial charge in [-0.05, 0) is 34.1 Å². The zero-order valence-electron chi connectivity index (χ0n) is 10.3. The van der Waals surface area contributed by atoms with E-state index in [9.17, 15) is 9.59 Å². The first-order valence-corrected chi connectivity index (χ1v) is 5.36. The smallest absolute Gasteiger partial charge is 0.309 e. The third-order valence-electron chi connectivity index (χ3n) is 2.28. The number of carboxylic acids is 1. The van der Waals surface area contributed by atoms with E-state index in [1.807, 2.05) is 0 Å². The molecule has 0 saturated heterocycles. The van der Waals surface area contributed by atoms with Crippen molar-refractivity contribution in [1.82, 2.24) is 5.32 Å². The minimum atomic E-state index is -1.06. The van der Waals surface area contributed by atoms with Crippen molar-refractivity contribution in [2.24, 2.45) is 5.41 Å². The molecule has 0 aliphatic heterocycles. The van der Waals surface area contributed by atoms with Crippen molar-refractivity contribution < 1.29 is 19.8 Å². The summed E-state index contributed by atoms with van der Waals surface area (Å²) in [6.07, 6.45) is -0.0890. The van der Waals surface area contributed by atoms with Gasteiger partial charge in [0.1, 0.15) is 0 Å². The van der Waals surface area contributed by atoms with Crippen LogP contribution in [0, 0.1) is 5.41 Å². The van der Waals surface area contributed by atoms with Gasteiger partial charge in [-0.25, -0.2) is 0 Å². The molecule has 0 aliphatic rings. The number of aliphatic carboxylic acids is 1. The molecule has 0 saturated carbocycles. The van der Waals surface area contributed by atoms with Crippen LogP contribution in [-0.2, 0) is 9.59 Å². The van der Waals surface area contributed by atoms with Crippen molar-refractivity contribution >= 4 is 11.9 Å². The largest absolute Gasteiger partial charge is 0.481 e. The predicted molar refractivity (Wildman–Crippen MR) is 59.9 cm³/mol. The van der Waals surface area contributed by atoms with Gasteiger partial charge in [0.2, 0.25) is 5.91 Å². The average Bonchev–Trinajstić information content (AvgIpc) is 1.99. The van der Waals surface area contributed by atoms with Crippen molar-refractivity contribution in [2.75, 3.05) is 0 Å². The van der Waals surface area contributed by atoms with E-state index in [1.54, 1.807) is 13.8 Å². The number of carboxylic acid groups (broad SMARTS) is 1.